The predicted molar refractivity (Wildman–Crippen MR) is 111 cm³/mol. The van der Waals surface area contributed by atoms with Gasteiger partial charge in [0.1, 0.15) is 10.7 Å². The molecule has 3 N–H and O–H groups in total. The molecule has 0 saturated carbocycles. The predicted octanol–water partition coefficient (Wildman–Crippen LogP) is 3.69. The van der Waals surface area contributed by atoms with E-state index < -0.39 is 0 Å². The molecule has 0 bridgehead atoms. The van der Waals surface area contributed by atoms with Crippen molar-refractivity contribution >= 4 is 38.5 Å². The minimum absolute atomic E-state index is 0.217. The van der Waals surface area contributed by atoms with Gasteiger partial charge in [0.15, 0.2) is 0 Å². The van der Waals surface area contributed by atoms with Gasteiger partial charge in [0.25, 0.3) is 11.5 Å². The number of aryl methyl sites for hydroxylation is 1. The number of rotatable bonds is 5. The minimum atomic E-state index is -0.254. The quantitative estimate of drug-likeness (QED) is 0.479. The molecule has 144 valence electrons. The zero-order valence-electron chi connectivity index (χ0n) is 15.9. The Hall–Kier alpha value is -3.00. The molecular formula is C20H21N5O2S. The number of hydrogen-bond acceptors (Lipinski definition) is 5. The Kier molecular flexibility index (Phi) is 4.72. The summed E-state index contributed by atoms with van der Waals surface area (Å²) in [5.74, 6) is 0.885. The highest BCUT2D eigenvalue weighted by Gasteiger charge is 2.24. The number of H-pyrrole nitrogens is 2. The van der Waals surface area contributed by atoms with Gasteiger partial charge in [-0.05, 0) is 37.0 Å². The van der Waals surface area contributed by atoms with Crippen molar-refractivity contribution in [2.75, 3.05) is 0 Å². The first kappa shape index (κ1) is 18.4. The maximum absolute atomic E-state index is 13.0. The summed E-state index contributed by atoms with van der Waals surface area (Å²) in [6.07, 6.45) is 2.10. The Balaban J connectivity index is 1.69. The first-order valence-corrected chi connectivity index (χ1v) is 9.98. The van der Waals surface area contributed by atoms with Gasteiger partial charge in [0, 0.05) is 0 Å². The summed E-state index contributed by atoms with van der Waals surface area (Å²) in [7, 11) is 0. The molecule has 0 aliphatic heterocycles. The molecule has 0 fully saturated rings. The fourth-order valence-corrected chi connectivity index (χ4v) is 4.42. The van der Waals surface area contributed by atoms with Crippen molar-refractivity contribution in [1.82, 2.24) is 25.3 Å². The van der Waals surface area contributed by atoms with Crippen molar-refractivity contribution in [2.24, 2.45) is 5.92 Å². The number of fused-ring (bicyclic) bond motifs is 2. The van der Waals surface area contributed by atoms with E-state index in [4.69, 9.17) is 0 Å². The number of aromatic amines is 2. The second-order valence-electron chi connectivity index (χ2n) is 7.26. The number of carbonyl (C=O) groups excluding carboxylic acids is 1. The summed E-state index contributed by atoms with van der Waals surface area (Å²) in [6.45, 7) is 6.00. The Morgan fingerprint density at radius 1 is 1.29 bits per heavy atom. The van der Waals surface area contributed by atoms with Crippen LogP contribution in [0.5, 0.6) is 0 Å². The number of carbonyl (C=O) groups is 1. The Labute approximate surface area is 165 Å². The maximum Gasteiger partial charge on any atom is 0.262 e. The summed E-state index contributed by atoms with van der Waals surface area (Å²) in [5, 5.41) is 3.57. The number of imidazole rings is 1. The number of thiophene rings is 1. The van der Waals surface area contributed by atoms with E-state index in [1.807, 2.05) is 24.3 Å². The molecule has 0 aliphatic rings. The van der Waals surface area contributed by atoms with Gasteiger partial charge in [-0.3, -0.25) is 9.59 Å². The van der Waals surface area contributed by atoms with E-state index in [-0.39, 0.29) is 17.5 Å². The van der Waals surface area contributed by atoms with E-state index in [0.29, 0.717) is 26.6 Å². The number of nitrogens with zero attached hydrogens (tertiary/aromatic N) is 2. The number of amides is 1. The number of nitrogens with one attached hydrogen (secondary N) is 3. The average Bonchev–Trinajstić information content (AvgIpc) is 3.23. The molecule has 1 unspecified atom stereocenters. The van der Waals surface area contributed by atoms with Crippen LogP contribution >= 0.6 is 11.3 Å². The highest BCUT2D eigenvalue weighted by Crippen LogP contribution is 2.28. The first-order chi connectivity index (χ1) is 13.4. The molecule has 8 heteroatoms. The van der Waals surface area contributed by atoms with Gasteiger partial charge in [-0.1, -0.05) is 26.0 Å². The van der Waals surface area contributed by atoms with Crippen molar-refractivity contribution in [3.8, 4) is 0 Å². The lowest BCUT2D eigenvalue weighted by Crippen LogP contribution is -2.30. The molecule has 0 spiro atoms. The van der Waals surface area contributed by atoms with Crippen molar-refractivity contribution < 1.29 is 4.79 Å². The summed E-state index contributed by atoms with van der Waals surface area (Å²) in [4.78, 5) is 40.9. The average molecular weight is 395 g/mol. The lowest BCUT2D eigenvalue weighted by atomic mass is 10.0. The van der Waals surface area contributed by atoms with E-state index in [2.05, 4.69) is 39.1 Å². The van der Waals surface area contributed by atoms with Gasteiger partial charge >= 0.3 is 0 Å². The molecule has 3 aromatic heterocycles. The van der Waals surface area contributed by atoms with Crippen LogP contribution in [-0.2, 0) is 0 Å². The van der Waals surface area contributed by atoms with Crippen molar-refractivity contribution in [3.63, 3.8) is 0 Å². The monoisotopic (exact) mass is 395 g/mol. The fourth-order valence-electron chi connectivity index (χ4n) is 3.37. The number of aromatic nitrogens is 4. The summed E-state index contributed by atoms with van der Waals surface area (Å²) < 4.78 is 0. The molecule has 0 radical (unpaired) electrons. The van der Waals surface area contributed by atoms with E-state index >= 15 is 0 Å². The molecular weight excluding hydrogens is 374 g/mol. The fraction of sp³-hybridized carbons (Fsp3) is 0.300. The Bertz CT molecular complexity index is 1190. The van der Waals surface area contributed by atoms with E-state index in [0.717, 1.165) is 23.3 Å². The molecule has 3 heterocycles. The van der Waals surface area contributed by atoms with Crippen molar-refractivity contribution in [3.05, 3.63) is 57.2 Å². The number of hydrogen-bond donors (Lipinski definition) is 3. The largest absolute Gasteiger partial charge is 0.341 e. The van der Waals surface area contributed by atoms with E-state index in [1.165, 1.54) is 17.7 Å². The molecule has 0 aliphatic carbocycles. The van der Waals surface area contributed by atoms with Gasteiger partial charge in [0.05, 0.1) is 33.7 Å². The molecule has 0 saturated heterocycles. The van der Waals surface area contributed by atoms with Crippen LogP contribution in [0.1, 0.15) is 47.4 Å². The lowest BCUT2D eigenvalue weighted by molar-refractivity contribution is 0.0933. The smallest absolute Gasteiger partial charge is 0.262 e. The molecule has 4 rings (SSSR count). The summed E-state index contributed by atoms with van der Waals surface area (Å²) in [6, 6.07) is 7.54. The first-order valence-electron chi connectivity index (χ1n) is 9.16. The van der Waals surface area contributed by atoms with Crippen molar-refractivity contribution in [2.45, 2.75) is 33.2 Å². The van der Waals surface area contributed by atoms with Gasteiger partial charge < -0.3 is 15.3 Å². The normalized spacial score (nSPS) is 12.7. The summed E-state index contributed by atoms with van der Waals surface area (Å²) >= 11 is 1.23. The number of benzene rings is 1. The van der Waals surface area contributed by atoms with Crippen LogP contribution in [0.2, 0.25) is 0 Å². The standard InChI is InChI=1S/C20H21N5O2S/c1-10(2)8-14(17-23-12-6-4-5-7-13(12)24-17)25-19(27)16-11(3)15-18(26)21-9-22-20(15)28-16/h4-7,9-10,14H,8H2,1-3H3,(H,23,24)(H,25,27)(H,21,22,26). The van der Waals surface area contributed by atoms with Gasteiger partial charge in [-0.15, -0.1) is 11.3 Å². The molecule has 28 heavy (non-hydrogen) atoms. The SMILES string of the molecule is Cc1c(C(=O)NC(CC(C)C)c2nc3ccccc3[nH]2)sc2nc[nH]c(=O)c12. The Morgan fingerprint density at radius 2 is 2.07 bits per heavy atom. The van der Waals surface area contributed by atoms with Gasteiger partial charge in [0.2, 0.25) is 0 Å². The van der Waals surface area contributed by atoms with E-state index in [1.54, 1.807) is 6.92 Å². The second-order valence-corrected chi connectivity index (χ2v) is 8.26. The Morgan fingerprint density at radius 3 is 2.79 bits per heavy atom. The minimum Gasteiger partial charge on any atom is -0.341 e. The zero-order chi connectivity index (χ0) is 19.8. The third kappa shape index (κ3) is 3.31. The van der Waals surface area contributed by atoms with Crippen LogP contribution in [0.3, 0.4) is 0 Å². The molecule has 7 nitrogen and oxygen atoms in total. The third-order valence-electron chi connectivity index (χ3n) is 4.69. The highest BCUT2D eigenvalue weighted by atomic mass is 32.1. The lowest BCUT2D eigenvalue weighted by Gasteiger charge is -2.18. The van der Waals surface area contributed by atoms with E-state index in [9.17, 15) is 9.59 Å². The number of para-hydroxylation sites is 2. The van der Waals surface area contributed by atoms with Crippen LogP contribution in [0.25, 0.3) is 21.3 Å². The molecule has 1 atom stereocenters. The van der Waals surface area contributed by atoms with Crippen LogP contribution < -0.4 is 10.9 Å². The topological polar surface area (TPSA) is 104 Å². The molecule has 4 aromatic rings. The zero-order valence-corrected chi connectivity index (χ0v) is 16.7. The third-order valence-corrected chi connectivity index (χ3v) is 5.89. The second kappa shape index (κ2) is 7.20. The van der Waals surface area contributed by atoms with Gasteiger partial charge in [-0.2, -0.15) is 0 Å². The molecule has 1 amide bonds. The van der Waals surface area contributed by atoms with Crippen LogP contribution in [0.4, 0.5) is 0 Å². The highest BCUT2D eigenvalue weighted by molar-refractivity contribution is 7.20. The van der Waals surface area contributed by atoms with Crippen LogP contribution in [0, 0.1) is 12.8 Å². The van der Waals surface area contributed by atoms with Crippen molar-refractivity contribution in [1.29, 1.82) is 0 Å². The van der Waals surface area contributed by atoms with Gasteiger partial charge in [-0.25, -0.2) is 9.97 Å². The maximum atomic E-state index is 13.0. The molecule has 1 aromatic carbocycles. The van der Waals surface area contributed by atoms with Crippen LogP contribution in [-0.4, -0.2) is 25.8 Å². The summed E-state index contributed by atoms with van der Waals surface area (Å²) in [5.41, 5.74) is 2.23. The van der Waals surface area contributed by atoms with Crippen LogP contribution in [0.15, 0.2) is 35.4 Å².